The molecular weight excluding hydrogens is 348 g/mol. The van der Waals surface area contributed by atoms with Crippen LogP contribution in [0.5, 0.6) is 11.5 Å². The van der Waals surface area contributed by atoms with Gasteiger partial charge in [0.05, 0.1) is 27.1 Å². The quantitative estimate of drug-likeness (QED) is 0.571. The summed E-state index contributed by atoms with van der Waals surface area (Å²) < 4.78 is 21.4. The second-order valence-electron chi connectivity index (χ2n) is 6.20. The van der Waals surface area contributed by atoms with Gasteiger partial charge in [-0.2, -0.15) is 0 Å². The highest BCUT2D eigenvalue weighted by atomic mass is 16.5. The number of ether oxygens (including phenoxy) is 3. The lowest BCUT2D eigenvalue weighted by Gasteiger charge is -2.30. The SMILES string of the molecule is CCOC(=O)C1C(=O)C=C(c2ccco2)CC1c1cc(OC)ccc1OC. The Kier molecular flexibility index (Phi) is 5.64. The number of hydrogen-bond donors (Lipinski definition) is 0. The number of rotatable bonds is 6. The second-order valence-corrected chi connectivity index (χ2v) is 6.20. The first-order valence-electron chi connectivity index (χ1n) is 8.75. The topological polar surface area (TPSA) is 75.0 Å². The molecule has 142 valence electrons. The molecule has 0 bridgehead atoms. The van der Waals surface area contributed by atoms with Crippen LogP contribution < -0.4 is 9.47 Å². The van der Waals surface area contributed by atoms with Crippen LogP contribution in [0.4, 0.5) is 0 Å². The average molecular weight is 370 g/mol. The molecule has 27 heavy (non-hydrogen) atoms. The molecule has 2 aromatic rings. The predicted octanol–water partition coefficient (Wildman–Crippen LogP) is 3.62. The van der Waals surface area contributed by atoms with Gasteiger partial charge in [-0.05, 0) is 55.3 Å². The van der Waals surface area contributed by atoms with Crippen LogP contribution in [0, 0.1) is 5.92 Å². The van der Waals surface area contributed by atoms with Gasteiger partial charge in [0.15, 0.2) is 5.78 Å². The molecule has 0 N–H and O–H groups in total. The van der Waals surface area contributed by atoms with Crippen molar-refractivity contribution in [2.24, 2.45) is 5.92 Å². The van der Waals surface area contributed by atoms with Crippen molar-refractivity contribution in [3.8, 4) is 11.5 Å². The summed E-state index contributed by atoms with van der Waals surface area (Å²) in [5.41, 5.74) is 1.46. The van der Waals surface area contributed by atoms with Gasteiger partial charge in [0.1, 0.15) is 23.2 Å². The molecule has 0 saturated carbocycles. The fourth-order valence-electron chi connectivity index (χ4n) is 3.44. The number of carbonyl (C=O) groups excluding carboxylic acids is 2. The predicted molar refractivity (Wildman–Crippen MR) is 98.7 cm³/mol. The molecule has 1 aromatic heterocycles. The zero-order valence-electron chi connectivity index (χ0n) is 15.6. The van der Waals surface area contributed by atoms with Crippen LogP contribution in [0.1, 0.15) is 30.6 Å². The van der Waals surface area contributed by atoms with E-state index in [1.165, 1.54) is 6.08 Å². The number of ketones is 1. The minimum atomic E-state index is -0.940. The van der Waals surface area contributed by atoms with E-state index in [1.807, 2.05) is 0 Å². The van der Waals surface area contributed by atoms with Crippen LogP contribution in [-0.4, -0.2) is 32.6 Å². The van der Waals surface area contributed by atoms with Crippen LogP contribution in [0.15, 0.2) is 47.1 Å². The highest BCUT2D eigenvalue weighted by Gasteiger charge is 2.41. The molecule has 6 nitrogen and oxygen atoms in total. The van der Waals surface area contributed by atoms with Crippen molar-refractivity contribution in [1.29, 1.82) is 0 Å². The van der Waals surface area contributed by atoms with Crippen molar-refractivity contribution in [3.63, 3.8) is 0 Å². The van der Waals surface area contributed by atoms with Crippen LogP contribution in [0.25, 0.3) is 5.57 Å². The molecule has 0 fully saturated rings. The third kappa shape index (κ3) is 3.74. The zero-order chi connectivity index (χ0) is 19.4. The summed E-state index contributed by atoms with van der Waals surface area (Å²) >= 11 is 0. The number of esters is 1. The third-order valence-corrected chi connectivity index (χ3v) is 4.68. The molecule has 0 amide bonds. The van der Waals surface area contributed by atoms with Crippen LogP contribution >= 0.6 is 0 Å². The minimum Gasteiger partial charge on any atom is -0.497 e. The standard InChI is InChI=1S/C21H22O6/c1-4-26-21(23)20-16(15-12-14(24-2)7-8-19(15)25-3)10-13(11-17(20)22)18-6-5-9-27-18/h5-9,11-12,16,20H,4,10H2,1-3H3. The highest BCUT2D eigenvalue weighted by Crippen LogP contribution is 2.44. The van der Waals surface area contributed by atoms with Crippen molar-refractivity contribution >= 4 is 17.3 Å². The van der Waals surface area contributed by atoms with Gasteiger partial charge in [-0.3, -0.25) is 9.59 Å². The van der Waals surface area contributed by atoms with Crippen molar-refractivity contribution in [2.45, 2.75) is 19.3 Å². The number of carbonyl (C=O) groups is 2. The van der Waals surface area contributed by atoms with Crippen LogP contribution in [0.2, 0.25) is 0 Å². The van der Waals surface area contributed by atoms with Crippen molar-refractivity contribution in [1.82, 2.24) is 0 Å². The number of furan rings is 1. The second kappa shape index (κ2) is 8.12. The molecule has 1 aliphatic carbocycles. The first-order chi connectivity index (χ1) is 13.1. The Hall–Kier alpha value is -3.02. The summed E-state index contributed by atoms with van der Waals surface area (Å²) in [6, 6.07) is 8.90. The molecule has 1 aliphatic rings. The molecule has 1 heterocycles. The van der Waals surface area contributed by atoms with Crippen molar-refractivity contribution < 1.29 is 28.2 Å². The van der Waals surface area contributed by atoms with E-state index in [1.54, 1.807) is 57.7 Å². The summed E-state index contributed by atoms with van der Waals surface area (Å²) in [5.74, 6) is -0.416. The van der Waals surface area contributed by atoms with E-state index in [4.69, 9.17) is 18.6 Å². The van der Waals surface area contributed by atoms with Crippen LogP contribution in [0.3, 0.4) is 0 Å². The summed E-state index contributed by atoms with van der Waals surface area (Å²) in [7, 11) is 3.12. The normalized spacial score (nSPS) is 19.4. The fraction of sp³-hybridized carbons (Fsp3) is 0.333. The Bertz CT molecular complexity index is 850. The lowest BCUT2D eigenvalue weighted by Crippen LogP contribution is -2.34. The lowest BCUT2D eigenvalue weighted by molar-refractivity contribution is -0.151. The Balaban J connectivity index is 2.10. The summed E-state index contributed by atoms with van der Waals surface area (Å²) in [6.07, 6.45) is 3.47. The fourth-order valence-corrected chi connectivity index (χ4v) is 3.44. The summed E-state index contributed by atoms with van der Waals surface area (Å²) in [4.78, 5) is 25.4. The molecule has 0 saturated heterocycles. The number of allylic oxidation sites excluding steroid dienone is 2. The van der Waals surface area contributed by atoms with E-state index in [2.05, 4.69) is 0 Å². The summed E-state index contributed by atoms with van der Waals surface area (Å²) in [6.45, 7) is 1.93. The van der Waals surface area contributed by atoms with E-state index in [0.29, 0.717) is 23.7 Å². The molecule has 2 atom stereocenters. The Labute approximate surface area is 157 Å². The first kappa shape index (κ1) is 18.8. The molecular formula is C21H22O6. The van der Waals surface area contributed by atoms with Gasteiger partial charge < -0.3 is 18.6 Å². The van der Waals surface area contributed by atoms with Crippen molar-refractivity contribution in [2.75, 3.05) is 20.8 Å². The third-order valence-electron chi connectivity index (χ3n) is 4.68. The van der Waals surface area contributed by atoms with E-state index in [9.17, 15) is 9.59 Å². The average Bonchev–Trinajstić information content (AvgIpc) is 3.21. The molecule has 1 aromatic carbocycles. The Morgan fingerprint density at radius 2 is 2.04 bits per heavy atom. The van der Waals surface area contributed by atoms with E-state index < -0.39 is 17.8 Å². The van der Waals surface area contributed by atoms with Gasteiger partial charge in [0.2, 0.25) is 0 Å². The molecule has 6 heteroatoms. The maximum absolute atomic E-state index is 12.9. The van der Waals surface area contributed by atoms with E-state index in [0.717, 1.165) is 11.1 Å². The number of methoxy groups -OCH3 is 2. The Morgan fingerprint density at radius 3 is 2.67 bits per heavy atom. The minimum absolute atomic E-state index is 0.208. The van der Waals surface area contributed by atoms with Gasteiger partial charge >= 0.3 is 5.97 Å². The molecule has 0 spiro atoms. The first-order valence-corrected chi connectivity index (χ1v) is 8.75. The molecule has 0 aliphatic heterocycles. The molecule has 0 radical (unpaired) electrons. The monoisotopic (exact) mass is 370 g/mol. The largest absolute Gasteiger partial charge is 0.497 e. The maximum atomic E-state index is 12.9. The van der Waals surface area contributed by atoms with Crippen LogP contribution in [-0.2, 0) is 14.3 Å². The zero-order valence-corrected chi connectivity index (χ0v) is 15.6. The van der Waals surface area contributed by atoms with Gasteiger partial charge in [-0.15, -0.1) is 0 Å². The molecule has 2 unspecified atom stereocenters. The van der Waals surface area contributed by atoms with E-state index in [-0.39, 0.29) is 12.4 Å². The van der Waals surface area contributed by atoms with Gasteiger partial charge in [-0.1, -0.05) is 0 Å². The van der Waals surface area contributed by atoms with Gasteiger partial charge in [0.25, 0.3) is 0 Å². The van der Waals surface area contributed by atoms with E-state index >= 15 is 0 Å². The summed E-state index contributed by atoms with van der Waals surface area (Å²) in [5, 5.41) is 0. The van der Waals surface area contributed by atoms with Crippen molar-refractivity contribution in [3.05, 3.63) is 54.0 Å². The van der Waals surface area contributed by atoms with Gasteiger partial charge in [0, 0.05) is 11.5 Å². The number of hydrogen-bond acceptors (Lipinski definition) is 6. The molecule has 3 rings (SSSR count). The smallest absolute Gasteiger partial charge is 0.317 e. The van der Waals surface area contributed by atoms with Gasteiger partial charge in [-0.25, -0.2) is 0 Å². The lowest BCUT2D eigenvalue weighted by atomic mass is 9.74. The maximum Gasteiger partial charge on any atom is 0.317 e. The number of benzene rings is 1. The Morgan fingerprint density at radius 1 is 1.22 bits per heavy atom. The highest BCUT2D eigenvalue weighted by molar-refractivity contribution is 6.10.